The van der Waals surface area contributed by atoms with Crippen LogP contribution in [0.1, 0.15) is 57.3 Å². The van der Waals surface area contributed by atoms with Gasteiger partial charge in [0.15, 0.2) is 5.78 Å². The average molecular weight is 349 g/mol. The van der Waals surface area contributed by atoms with E-state index in [1.807, 2.05) is 13.8 Å². The first-order valence-corrected chi connectivity index (χ1v) is 9.07. The highest BCUT2D eigenvalue weighted by Crippen LogP contribution is 2.15. The van der Waals surface area contributed by atoms with Crippen LogP contribution in [0.15, 0.2) is 24.3 Å². The van der Waals surface area contributed by atoms with Crippen LogP contribution in [0.25, 0.3) is 0 Å². The third-order valence-electron chi connectivity index (χ3n) is 4.34. The molecule has 0 heterocycles. The Bertz CT molecular complexity index is 539. The number of nitrogens with one attached hydrogen (secondary N) is 1. The van der Waals surface area contributed by atoms with Gasteiger partial charge in [-0.2, -0.15) is 0 Å². The van der Waals surface area contributed by atoms with E-state index in [0.29, 0.717) is 24.6 Å². The minimum absolute atomic E-state index is 0.00507. The van der Waals surface area contributed by atoms with Gasteiger partial charge in [0.05, 0.1) is 6.61 Å². The van der Waals surface area contributed by atoms with Gasteiger partial charge in [-0.3, -0.25) is 9.59 Å². The van der Waals surface area contributed by atoms with Gasteiger partial charge in [0, 0.05) is 18.5 Å². The lowest BCUT2D eigenvalue weighted by Gasteiger charge is -2.19. The van der Waals surface area contributed by atoms with Crippen molar-refractivity contribution < 1.29 is 19.4 Å². The second-order valence-corrected chi connectivity index (χ2v) is 6.88. The lowest BCUT2D eigenvalue weighted by molar-refractivity contribution is -0.140. The molecule has 2 atom stereocenters. The maximum Gasteiger partial charge on any atom is 0.320 e. The highest BCUT2D eigenvalue weighted by molar-refractivity contribution is 5.96. The van der Waals surface area contributed by atoms with Crippen LogP contribution in [0.5, 0.6) is 5.75 Å². The van der Waals surface area contributed by atoms with Gasteiger partial charge in [-0.25, -0.2) is 0 Å². The Morgan fingerprint density at radius 3 is 2.32 bits per heavy atom. The van der Waals surface area contributed by atoms with E-state index in [9.17, 15) is 14.7 Å². The van der Waals surface area contributed by atoms with Crippen LogP contribution in [0.2, 0.25) is 0 Å². The average Bonchev–Trinajstić information content (AvgIpc) is 2.57. The standard InChI is InChI=1S/C20H31NO4/c1-5-15(4)19(20(23)24)21-12-10-18(22)16-6-8-17(9-7-16)25-13-11-14(2)3/h6-9,14-15,19,21H,5,10-13H2,1-4H3,(H,23,24)/t15-,19-/m1/s1. The summed E-state index contributed by atoms with van der Waals surface area (Å²) in [7, 11) is 0. The Kier molecular flexibility index (Phi) is 9.21. The van der Waals surface area contributed by atoms with Crippen molar-refractivity contribution in [3.05, 3.63) is 29.8 Å². The van der Waals surface area contributed by atoms with Crippen molar-refractivity contribution >= 4 is 11.8 Å². The van der Waals surface area contributed by atoms with Crippen molar-refractivity contribution in [2.24, 2.45) is 11.8 Å². The van der Waals surface area contributed by atoms with Crippen LogP contribution in [0.3, 0.4) is 0 Å². The van der Waals surface area contributed by atoms with Crippen molar-refractivity contribution in [2.75, 3.05) is 13.2 Å². The zero-order chi connectivity index (χ0) is 18.8. The van der Waals surface area contributed by atoms with Crippen LogP contribution in [0.4, 0.5) is 0 Å². The smallest absolute Gasteiger partial charge is 0.320 e. The maximum absolute atomic E-state index is 12.2. The number of carbonyl (C=O) groups is 2. The number of carbonyl (C=O) groups excluding carboxylic acids is 1. The Labute approximate surface area is 150 Å². The van der Waals surface area contributed by atoms with E-state index >= 15 is 0 Å². The van der Waals surface area contributed by atoms with Gasteiger partial charge in [0.25, 0.3) is 0 Å². The molecule has 0 aliphatic carbocycles. The van der Waals surface area contributed by atoms with E-state index in [1.165, 1.54) is 0 Å². The third kappa shape index (κ3) is 7.69. The summed E-state index contributed by atoms with van der Waals surface area (Å²) in [6.45, 7) is 9.17. The molecule has 140 valence electrons. The molecule has 0 bridgehead atoms. The molecule has 0 spiro atoms. The largest absolute Gasteiger partial charge is 0.494 e. The SMILES string of the molecule is CC[C@@H](C)[C@@H](NCCC(=O)c1ccc(OCCC(C)C)cc1)C(=O)O. The number of carboxylic acid groups (broad SMARTS) is 1. The fraction of sp³-hybridized carbons (Fsp3) is 0.600. The Morgan fingerprint density at radius 1 is 1.16 bits per heavy atom. The van der Waals surface area contributed by atoms with Gasteiger partial charge in [-0.05, 0) is 42.5 Å². The molecule has 1 rings (SSSR count). The summed E-state index contributed by atoms with van der Waals surface area (Å²) in [5, 5.41) is 12.2. The summed E-state index contributed by atoms with van der Waals surface area (Å²) in [5.74, 6) is 0.505. The molecule has 0 radical (unpaired) electrons. The van der Waals surface area contributed by atoms with Crippen molar-refractivity contribution in [2.45, 2.75) is 53.0 Å². The number of benzene rings is 1. The predicted molar refractivity (Wildman–Crippen MR) is 99.2 cm³/mol. The molecule has 0 aliphatic heterocycles. The number of hydrogen-bond donors (Lipinski definition) is 2. The highest BCUT2D eigenvalue weighted by atomic mass is 16.5. The van der Waals surface area contributed by atoms with E-state index in [-0.39, 0.29) is 18.1 Å². The van der Waals surface area contributed by atoms with Gasteiger partial charge in [0.1, 0.15) is 11.8 Å². The predicted octanol–water partition coefficient (Wildman–Crippen LogP) is 3.77. The fourth-order valence-corrected chi connectivity index (χ4v) is 2.40. The number of ether oxygens (including phenoxy) is 1. The minimum atomic E-state index is -0.871. The van der Waals surface area contributed by atoms with Crippen molar-refractivity contribution in [3.63, 3.8) is 0 Å². The van der Waals surface area contributed by atoms with Crippen LogP contribution in [0, 0.1) is 11.8 Å². The van der Waals surface area contributed by atoms with Gasteiger partial charge >= 0.3 is 5.97 Å². The highest BCUT2D eigenvalue weighted by Gasteiger charge is 2.22. The number of carboxylic acids is 1. The molecule has 1 aromatic rings. The molecule has 0 amide bonds. The van der Waals surface area contributed by atoms with E-state index in [0.717, 1.165) is 18.6 Å². The zero-order valence-electron chi connectivity index (χ0n) is 15.7. The first-order chi connectivity index (χ1) is 11.8. The maximum atomic E-state index is 12.2. The molecule has 0 unspecified atom stereocenters. The fourth-order valence-electron chi connectivity index (χ4n) is 2.40. The van der Waals surface area contributed by atoms with Gasteiger partial charge in [-0.15, -0.1) is 0 Å². The van der Waals surface area contributed by atoms with Crippen molar-refractivity contribution in [1.82, 2.24) is 5.32 Å². The van der Waals surface area contributed by atoms with E-state index in [4.69, 9.17) is 4.74 Å². The van der Waals surface area contributed by atoms with E-state index in [2.05, 4.69) is 19.2 Å². The second-order valence-electron chi connectivity index (χ2n) is 6.88. The Balaban J connectivity index is 2.45. The lowest BCUT2D eigenvalue weighted by atomic mass is 9.99. The molecule has 0 fully saturated rings. The van der Waals surface area contributed by atoms with Crippen LogP contribution < -0.4 is 10.1 Å². The molecular formula is C20H31NO4. The zero-order valence-corrected chi connectivity index (χ0v) is 15.7. The van der Waals surface area contributed by atoms with Gasteiger partial charge in [0.2, 0.25) is 0 Å². The Morgan fingerprint density at radius 2 is 1.80 bits per heavy atom. The number of hydrogen-bond acceptors (Lipinski definition) is 4. The first kappa shape index (κ1) is 21.2. The molecule has 0 aromatic heterocycles. The quantitative estimate of drug-likeness (QED) is 0.562. The van der Waals surface area contributed by atoms with E-state index in [1.54, 1.807) is 24.3 Å². The summed E-state index contributed by atoms with van der Waals surface area (Å²) < 4.78 is 5.64. The number of Topliss-reactive ketones (excluding diaryl/α,β-unsaturated/α-hetero) is 1. The summed E-state index contributed by atoms with van der Waals surface area (Å²) in [4.78, 5) is 23.5. The number of ketones is 1. The monoisotopic (exact) mass is 349 g/mol. The van der Waals surface area contributed by atoms with Crippen LogP contribution >= 0.6 is 0 Å². The first-order valence-electron chi connectivity index (χ1n) is 9.07. The summed E-state index contributed by atoms with van der Waals surface area (Å²) >= 11 is 0. The molecule has 5 nitrogen and oxygen atoms in total. The molecule has 5 heteroatoms. The summed E-state index contributed by atoms with van der Waals surface area (Å²) in [5.41, 5.74) is 0.619. The number of rotatable bonds is 12. The molecule has 2 N–H and O–H groups in total. The topological polar surface area (TPSA) is 75.6 Å². The van der Waals surface area contributed by atoms with Crippen molar-refractivity contribution in [3.8, 4) is 5.75 Å². The molecule has 1 aromatic carbocycles. The van der Waals surface area contributed by atoms with Gasteiger partial charge < -0.3 is 15.2 Å². The van der Waals surface area contributed by atoms with Crippen LogP contribution in [-0.2, 0) is 4.79 Å². The van der Waals surface area contributed by atoms with Crippen LogP contribution in [-0.4, -0.2) is 36.1 Å². The lowest BCUT2D eigenvalue weighted by Crippen LogP contribution is -2.42. The molecule has 0 aliphatic rings. The summed E-state index contributed by atoms with van der Waals surface area (Å²) in [6, 6.07) is 6.52. The normalized spacial score (nSPS) is 13.5. The second kappa shape index (κ2) is 10.9. The Hall–Kier alpha value is -1.88. The van der Waals surface area contributed by atoms with Crippen molar-refractivity contribution in [1.29, 1.82) is 0 Å². The molecular weight excluding hydrogens is 318 g/mol. The molecule has 0 saturated heterocycles. The minimum Gasteiger partial charge on any atom is -0.494 e. The number of aliphatic carboxylic acids is 1. The molecule has 0 saturated carbocycles. The van der Waals surface area contributed by atoms with Gasteiger partial charge in [-0.1, -0.05) is 34.1 Å². The summed E-state index contributed by atoms with van der Waals surface area (Å²) in [6.07, 6.45) is 2.04. The third-order valence-corrected chi connectivity index (χ3v) is 4.34. The van der Waals surface area contributed by atoms with E-state index < -0.39 is 12.0 Å². The molecule has 25 heavy (non-hydrogen) atoms.